The van der Waals surface area contributed by atoms with Crippen molar-refractivity contribution in [1.29, 1.82) is 0 Å². The number of aromatic nitrogens is 1. The number of nitrogens with one attached hydrogen (secondary N) is 1. The maximum Gasteiger partial charge on any atom is 0.0574 e. The minimum Gasteiger partial charge on any atom is -0.366 e. The molecule has 1 atom stereocenters. The molecule has 1 aliphatic rings. The van der Waals surface area contributed by atoms with E-state index in [2.05, 4.69) is 45.7 Å². The van der Waals surface area contributed by atoms with E-state index in [-0.39, 0.29) is 0 Å². The van der Waals surface area contributed by atoms with Crippen LogP contribution in [0.25, 0.3) is 0 Å². The van der Waals surface area contributed by atoms with Gasteiger partial charge in [0.05, 0.1) is 17.6 Å². The molecule has 3 nitrogen and oxygen atoms in total. The first-order chi connectivity index (χ1) is 9.81. The Hall–Kier alpha value is -1.39. The molecule has 1 N–H and O–H groups in total. The van der Waals surface area contributed by atoms with Gasteiger partial charge in [0.15, 0.2) is 0 Å². The Bertz CT molecular complexity index is 557. The van der Waals surface area contributed by atoms with Crippen LogP contribution in [-0.4, -0.2) is 18.6 Å². The third-order valence-corrected chi connectivity index (χ3v) is 5.08. The Balaban J connectivity index is 1.75. The average molecular weight is 287 g/mol. The summed E-state index contributed by atoms with van der Waals surface area (Å²) in [6, 6.07) is 6.97. The van der Waals surface area contributed by atoms with Crippen LogP contribution in [0.15, 0.2) is 29.8 Å². The smallest absolute Gasteiger partial charge is 0.0574 e. The fourth-order valence-corrected chi connectivity index (χ4v) is 3.71. The highest BCUT2D eigenvalue weighted by atomic mass is 32.1. The summed E-state index contributed by atoms with van der Waals surface area (Å²) < 4.78 is 0. The number of hydrogen-bond acceptors (Lipinski definition) is 4. The normalized spacial score (nSPS) is 16.0. The van der Waals surface area contributed by atoms with Crippen molar-refractivity contribution in [3.63, 3.8) is 0 Å². The van der Waals surface area contributed by atoms with Gasteiger partial charge < -0.3 is 10.2 Å². The number of fused-ring (bicyclic) bond motifs is 1. The van der Waals surface area contributed by atoms with Gasteiger partial charge in [-0.2, -0.15) is 0 Å². The van der Waals surface area contributed by atoms with Crippen LogP contribution in [-0.2, 0) is 13.0 Å². The Kier molecular flexibility index (Phi) is 4.03. The van der Waals surface area contributed by atoms with Crippen molar-refractivity contribution in [3.8, 4) is 0 Å². The summed E-state index contributed by atoms with van der Waals surface area (Å²) in [6.07, 6.45) is 4.24. The lowest BCUT2D eigenvalue weighted by Gasteiger charge is -2.29. The topological polar surface area (TPSA) is 28.2 Å². The fourth-order valence-electron chi connectivity index (χ4n) is 2.82. The summed E-state index contributed by atoms with van der Waals surface area (Å²) in [4.78, 5) is 8.61. The summed E-state index contributed by atoms with van der Waals surface area (Å²) >= 11 is 1.88. The van der Waals surface area contributed by atoms with Crippen molar-refractivity contribution >= 4 is 17.0 Å². The van der Waals surface area contributed by atoms with Gasteiger partial charge >= 0.3 is 0 Å². The standard InChI is InChI=1S/C16H21N3S/c1-3-14(17-2)15-5-4-13(10-18-15)19-8-6-16-12(11-19)7-9-20-16/h4-5,7,9-10,14,17H,3,6,8,11H2,1-2H3. The Morgan fingerprint density at radius 1 is 1.40 bits per heavy atom. The van der Waals surface area contributed by atoms with Gasteiger partial charge in [0.25, 0.3) is 0 Å². The Labute approximate surface area is 124 Å². The quantitative estimate of drug-likeness (QED) is 0.934. The molecule has 3 heterocycles. The fraction of sp³-hybridized carbons (Fsp3) is 0.438. The average Bonchev–Trinajstić information content (AvgIpc) is 2.96. The van der Waals surface area contributed by atoms with Crippen molar-refractivity contribution in [1.82, 2.24) is 10.3 Å². The molecule has 1 aliphatic heterocycles. The van der Waals surface area contributed by atoms with Gasteiger partial charge in [-0.15, -0.1) is 11.3 Å². The zero-order chi connectivity index (χ0) is 13.9. The van der Waals surface area contributed by atoms with Crippen LogP contribution in [0.4, 0.5) is 5.69 Å². The zero-order valence-corrected chi connectivity index (χ0v) is 12.9. The second kappa shape index (κ2) is 5.94. The van der Waals surface area contributed by atoms with Crippen molar-refractivity contribution in [2.75, 3.05) is 18.5 Å². The van der Waals surface area contributed by atoms with Gasteiger partial charge in [-0.05, 0) is 49.0 Å². The highest BCUT2D eigenvalue weighted by molar-refractivity contribution is 7.10. The molecule has 0 spiro atoms. The molecule has 0 radical (unpaired) electrons. The van der Waals surface area contributed by atoms with Crippen LogP contribution in [0.2, 0.25) is 0 Å². The van der Waals surface area contributed by atoms with Gasteiger partial charge in [0.2, 0.25) is 0 Å². The molecule has 2 aromatic rings. The third-order valence-electron chi connectivity index (χ3n) is 4.06. The van der Waals surface area contributed by atoms with E-state index in [1.165, 1.54) is 11.3 Å². The molecule has 3 rings (SSSR count). The predicted molar refractivity (Wildman–Crippen MR) is 85.4 cm³/mol. The summed E-state index contributed by atoms with van der Waals surface area (Å²) in [5, 5.41) is 5.50. The first-order valence-electron chi connectivity index (χ1n) is 7.25. The van der Waals surface area contributed by atoms with Crippen molar-refractivity contribution in [2.24, 2.45) is 0 Å². The van der Waals surface area contributed by atoms with E-state index >= 15 is 0 Å². The van der Waals surface area contributed by atoms with Crippen LogP contribution >= 0.6 is 11.3 Å². The van der Waals surface area contributed by atoms with E-state index in [9.17, 15) is 0 Å². The van der Waals surface area contributed by atoms with Gasteiger partial charge in [-0.25, -0.2) is 0 Å². The third kappa shape index (κ3) is 2.58. The van der Waals surface area contributed by atoms with E-state index in [0.29, 0.717) is 6.04 Å². The van der Waals surface area contributed by atoms with Gasteiger partial charge in [0.1, 0.15) is 0 Å². The predicted octanol–water partition coefficient (Wildman–Crippen LogP) is 3.38. The molecule has 1 unspecified atom stereocenters. The van der Waals surface area contributed by atoms with Crippen LogP contribution in [0, 0.1) is 0 Å². The molecule has 0 bridgehead atoms. The summed E-state index contributed by atoms with van der Waals surface area (Å²) in [5.74, 6) is 0. The van der Waals surface area contributed by atoms with Crippen LogP contribution in [0.5, 0.6) is 0 Å². The van der Waals surface area contributed by atoms with Gasteiger partial charge in [-0.3, -0.25) is 4.98 Å². The highest BCUT2D eigenvalue weighted by Gasteiger charge is 2.18. The SMILES string of the molecule is CCC(NC)c1ccc(N2CCc3sccc3C2)cn1. The first kappa shape index (κ1) is 13.6. The zero-order valence-electron chi connectivity index (χ0n) is 12.1. The molecule has 0 aliphatic carbocycles. The summed E-state index contributed by atoms with van der Waals surface area (Å²) in [5.41, 5.74) is 3.84. The molecular formula is C16H21N3S. The number of anilines is 1. The van der Waals surface area contributed by atoms with Gasteiger partial charge in [-0.1, -0.05) is 6.92 Å². The second-order valence-electron chi connectivity index (χ2n) is 5.23. The maximum atomic E-state index is 4.64. The number of rotatable bonds is 4. The van der Waals surface area contributed by atoms with Crippen molar-refractivity contribution in [2.45, 2.75) is 32.4 Å². The molecule has 4 heteroatoms. The maximum absolute atomic E-state index is 4.64. The first-order valence-corrected chi connectivity index (χ1v) is 8.13. The van der Waals surface area contributed by atoms with Crippen LogP contribution < -0.4 is 10.2 Å². The van der Waals surface area contributed by atoms with E-state index in [1.807, 2.05) is 24.6 Å². The molecular weight excluding hydrogens is 266 g/mol. The van der Waals surface area contributed by atoms with E-state index < -0.39 is 0 Å². The number of pyridine rings is 1. The highest BCUT2D eigenvalue weighted by Crippen LogP contribution is 2.28. The lowest BCUT2D eigenvalue weighted by atomic mass is 10.1. The summed E-state index contributed by atoms with van der Waals surface area (Å²) in [7, 11) is 1.99. The molecule has 2 aromatic heterocycles. The van der Waals surface area contributed by atoms with Crippen LogP contribution in [0.1, 0.15) is 35.5 Å². The molecule has 106 valence electrons. The monoisotopic (exact) mass is 287 g/mol. The lowest BCUT2D eigenvalue weighted by molar-refractivity contribution is 0.561. The van der Waals surface area contributed by atoms with Crippen molar-refractivity contribution in [3.05, 3.63) is 45.9 Å². The Morgan fingerprint density at radius 3 is 3.00 bits per heavy atom. The van der Waals surface area contributed by atoms with E-state index in [4.69, 9.17) is 0 Å². The number of thiophene rings is 1. The summed E-state index contributed by atoms with van der Waals surface area (Å²) in [6.45, 7) is 4.29. The minimum atomic E-state index is 0.355. The molecule has 0 aromatic carbocycles. The number of hydrogen-bond donors (Lipinski definition) is 1. The van der Waals surface area contributed by atoms with Crippen LogP contribution in [0.3, 0.4) is 0 Å². The minimum absolute atomic E-state index is 0.355. The second-order valence-corrected chi connectivity index (χ2v) is 6.23. The molecule has 20 heavy (non-hydrogen) atoms. The van der Waals surface area contributed by atoms with Gasteiger partial charge in [0, 0.05) is 24.0 Å². The number of nitrogens with zero attached hydrogens (tertiary/aromatic N) is 2. The Morgan fingerprint density at radius 2 is 2.30 bits per heavy atom. The van der Waals surface area contributed by atoms with E-state index in [1.54, 1.807) is 4.88 Å². The molecule has 0 saturated heterocycles. The van der Waals surface area contributed by atoms with Crippen molar-refractivity contribution < 1.29 is 0 Å². The molecule has 0 amide bonds. The molecule has 0 fully saturated rings. The molecule has 0 saturated carbocycles. The lowest BCUT2D eigenvalue weighted by Crippen LogP contribution is -2.29. The van der Waals surface area contributed by atoms with E-state index in [0.717, 1.165) is 31.6 Å². The largest absolute Gasteiger partial charge is 0.366 e.